The third-order valence-electron chi connectivity index (χ3n) is 13.0. The van der Waals surface area contributed by atoms with Gasteiger partial charge in [-0.15, -0.1) is 0 Å². The maximum absolute atomic E-state index is 6.99. The molecule has 5 aliphatic rings. The zero-order chi connectivity index (χ0) is 35.1. The summed E-state index contributed by atoms with van der Waals surface area (Å²) in [5, 5.41) is 3.93. The van der Waals surface area contributed by atoms with Crippen molar-refractivity contribution in [3.8, 4) is 33.4 Å². The van der Waals surface area contributed by atoms with Gasteiger partial charge in [0.1, 0.15) is 0 Å². The monoisotopic (exact) mass is 676 g/mol. The van der Waals surface area contributed by atoms with Crippen LogP contribution in [0.5, 0.6) is 0 Å². The van der Waals surface area contributed by atoms with E-state index in [1.54, 1.807) is 0 Å². The summed E-state index contributed by atoms with van der Waals surface area (Å²) < 4.78 is 0. The highest BCUT2D eigenvalue weighted by Gasteiger charge is 2.54. The summed E-state index contributed by atoms with van der Waals surface area (Å²) in [5.74, 6) is 0.518. The predicted octanol–water partition coefficient (Wildman–Crippen LogP) is 12.0. The van der Waals surface area contributed by atoms with Crippen LogP contribution in [0, 0.1) is 5.92 Å². The molecule has 2 spiro atoms. The van der Waals surface area contributed by atoms with Gasteiger partial charge in [0.05, 0.1) is 10.8 Å². The SMILES string of the molecule is CC1C=CC2=C(C1)c1ccccc1C21c2ccccc2-c2ccc(Nc3ccc4c(c3)C3(c5ccccc5-4)c4ccccc4-c4cccc(N)c43)cc21. The van der Waals surface area contributed by atoms with Crippen molar-refractivity contribution in [1.82, 2.24) is 0 Å². The fraction of sp³-hybridized carbons (Fsp3) is 0.0980. The normalized spacial score (nSPS) is 21.5. The highest BCUT2D eigenvalue weighted by atomic mass is 14.9. The first kappa shape index (κ1) is 29.2. The van der Waals surface area contributed by atoms with Gasteiger partial charge in [-0.1, -0.05) is 140 Å². The van der Waals surface area contributed by atoms with E-state index in [-0.39, 0.29) is 5.41 Å². The van der Waals surface area contributed by atoms with E-state index < -0.39 is 5.41 Å². The van der Waals surface area contributed by atoms with Gasteiger partial charge in [0.15, 0.2) is 0 Å². The molecule has 0 amide bonds. The number of rotatable bonds is 2. The second kappa shape index (κ2) is 10.1. The summed E-state index contributed by atoms with van der Waals surface area (Å²) in [5.41, 5.74) is 30.4. The molecule has 3 atom stereocenters. The Morgan fingerprint density at radius 3 is 1.58 bits per heavy atom. The van der Waals surface area contributed by atoms with Crippen molar-refractivity contribution in [3.63, 3.8) is 0 Å². The highest BCUT2D eigenvalue weighted by molar-refractivity contribution is 5.99. The van der Waals surface area contributed by atoms with Crippen LogP contribution in [0.25, 0.3) is 39.0 Å². The number of anilines is 3. The molecule has 2 nitrogen and oxygen atoms in total. The maximum Gasteiger partial charge on any atom is 0.0746 e. The average Bonchev–Trinajstić information content (AvgIpc) is 3.87. The molecule has 7 aromatic carbocycles. The molecule has 250 valence electrons. The molecule has 2 heteroatoms. The van der Waals surface area contributed by atoms with Crippen LogP contribution >= 0.6 is 0 Å². The lowest BCUT2D eigenvalue weighted by molar-refractivity contribution is 0.725. The van der Waals surface area contributed by atoms with E-state index >= 15 is 0 Å². The molecule has 0 heterocycles. The Kier molecular flexibility index (Phi) is 5.59. The molecule has 12 rings (SSSR count). The van der Waals surface area contributed by atoms with Gasteiger partial charge in [0.2, 0.25) is 0 Å². The zero-order valence-corrected chi connectivity index (χ0v) is 29.5. The summed E-state index contributed by atoms with van der Waals surface area (Å²) in [7, 11) is 0. The van der Waals surface area contributed by atoms with E-state index in [2.05, 4.69) is 176 Å². The molecule has 0 bridgehead atoms. The standard InChI is InChI=1S/C51H36N2/c1-30-21-26-45-40(27-30)36-14-5-7-17-42(36)50(45)41-16-6-2-11-33(41)37-24-22-31(28-46(37)50)53-32-23-25-38-34-12-3-8-18-43(34)51(47(38)29-32)44-19-9-4-13-35(44)39-15-10-20-48(52)49(39)51/h2-26,28-30,53H,27,52H2,1H3. The first-order valence-corrected chi connectivity index (χ1v) is 18.9. The van der Waals surface area contributed by atoms with Crippen LogP contribution in [0.4, 0.5) is 17.1 Å². The lowest BCUT2D eigenvalue weighted by Crippen LogP contribution is -2.27. The van der Waals surface area contributed by atoms with Crippen LogP contribution in [0.3, 0.4) is 0 Å². The van der Waals surface area contributed by atoms with Gasteiger partial charge in [0, 0.05) is 22.6 Å². The number of nitrogen functional groups attached to an aromatic ring is 1. The smallest absolute Gasteiger partial charge is 0.0746 e. The Bertz CT molecular complexity index is 2820. The molecular weight excluding hydrogens is 641 g/mol. The Morgan fingerprint density at radius 1 is 0.491 bits per heavy atom. The molecule has 0 fully saturated rings. The summed E-state index contributed by atoms with van der Waals surface area (Å²) >= 11 is 0. The third-order valence-corrected chi connectivity index (χ3v) is 13.0. The van der Waals surface area contributed by atoms with Crippen molar-refractivity contribution >= 4 is 22.6 Å². The fourth-order valence-corrected chi connectivity index (χ4v) is 11.1. The van der Waals surface area contributed by atoms with Gasteiger partial charge >= 0.3 is 0 Å². The van der Waals surface area contributed by atoms with E-state index in [1.807, 2.05) is 0 Å². The van der Waals surface area contributed by atoms with Crippen LogP contribution in [-0.2, 0) is 10.8 Å². The molecule has 3 N–H and O–H groups in total. The number of benzene rings is 7. The molecule has 0 saturated heterocycles. The van der Waals surface area contributed by atoms with Crippen molar-refractivity contribution in [2.75, 3.05) is 11.1 Å². The van der Waals surface area contributed by atoms with Crippen molar-refractivity contribution in [1.29, 1.82) is 0 Å². The van der Waals surface area contributed by atoms with Crippen molar-refractivity contribution in [3.05, 3.63) is 214 Å². The molecule has 7 aromatic rings. The number of hydrogen-bond acceptors (Lipinski definition) is 2. The average molecular weight is 677 g/mol. The predicted molar refractivity (Wildman–Crippen MR) is 218 cm³/mol. The van der Waals surface area contributed by atoms with Gasteiger partial charge < -0.3 is 11.1 Å². The summed E-state index contributed by atoms with van der Waals surface area (Å²) in [6, 6.07) is 56.4. The molecule has 53 heavy (non-hydrogen) atoms. The largest absolute Gasteiger partial charge is 0.398 e. The van der Waals surface area contributed by atoms with Crippen molar-refractivity contribution in [2.24, 2.45) is 5.92 Å². The molecule has 0 saturated carbocycles. The lowest BCUT2D eigenvalue weighted by Gasteiger charge is -2.33. The molecule has 0 radical (unpaired) electrons. The van der Waals surface area contributed by atoms with E-state index in [9.17, 15) is 0 Å². The van der Waals surface area contributed by atoms with Crippen LogP contribution < -0.4 is 11.1 Å². The minimum absolute atomic E-state index is 0.343. The van der Waals surface area contributed by atoms with E-state index in [0.29, 0.717) is 5.92 Å². The Hall–Kier alpha value is -6.38. The van der Waals surface area contributed by atoms with Crippen LogP contribution in [-0.4, -0.2) is 0 Å². The number of allylic oxidation sites excluding steroid dienone is 4. The van der Waals surface area contributed by atoms with E-state index in [4.69, 9.17) is 5.73 Å². The van der Waals surface area contributed by atoms with Gasteiger partial charge in [-0.05, 0) is 126 Å². The van der Waals surface area contributed by atoms with Crippen LogP contribution in [0.15, 0.2) is 169 Å². The fourth-order valence-electron chi connectivity index (χ4n) is 11.1. The first-order chi connectivity index (χ1) is 26.1. The molecule has 0 aromatic heterocycles. The lowest BCUT2D eigenvalue weighted by atomic mass is 9.68. The molecule has 5 aliphatic carbocycles. The molecule has 3 unspecified atom stereocenters. The van der Waals surface area contributed by atoms with Crippen molar-refractivity contribution < 1.29 is 0 Å². The number of hydrogen-bond donors (Lipinski definition) is 2. The van der Waals surface area contributed by atoms with Gasteiger partial charge in [-0.25, -0.2) is 0 Å². The van der Waals surface area contributed by atoms with Crippen LogP contribution in [0.2, 0.25) is 0 Å². The Balaban J connectivity index is 1.05. The second-order valence-corrected chi connectivity index (χ2v) is 15.5. The van der Waals surface area contributed by atoms with E-state index in [1.165, 1.54) is 89.0 Å². The topological polar surface area (TPSA) is 38.0 Å². The van der Waals surface area contributed by atoms with E-state index in [0.717, 1.165) is 23.5 Å². The zero-order valence-electron chi connectivity index (χ0n) is 29.5. The number of nitrogens with one attached hydrogen (secondary N) is 1. The van der Waals surface area contributed by atoms with Gasteiger partial charge in [0.25, 0.3) is 0 Å². The Morgan fingerprint density at radius 2 is 0.962 bits per heavy atom. The summed E-state index contributed by atoms with van der Waals surface area (Å²) in [4.78, 5) is 0. The number of nitrogens with two attached hydrogens (primary N) is 1. The minimum Gasteiger partial charge on any atom is -0.398 e. The van der Waals surface area contributed by atoms with Crippen molar-refractivity contribution in [2.45, 2.75) is 24.2 Å². The third kappa shape index (κ3) is 3.45. The number of fused-ring (bicyclic) bond motifs is 19. The first-order valence-electron chi connectivity index (χ1n) is 18.9. The quantitative estimate of drug-likeness (QED) is 0.179. The Labute approximate surface area is 310 Å². The molecular formula is C51H36N2. The van der Waals surface area contributed by atoms with Gasteiger partial charge in [-0.2, -0.15) is 0 Å². The second-order valence-electron chi connectivity index (χ2n) is 15.5. The summed E-state index contributed by atoms with van der Waals surface area (Å²) in [6.07, 6.45) is 5.92. The van der Waals surface area contributed by atoms with Crippen LogP contribution in [0.1, 0.15) is 57.9 Å². The maximum atomic E-state index is 6.99. The summed E-state index contributed by atoms with van der Waals surface area (Å²) in [6.45, 7) is 2.34. The van der Waals surface area contributed by atoms with Gasteiger partial charge in [-0.3, -0.25) is 0 Å². The highest BCUT2D eigenvalue weighted by Crippen LogP contribution is 2.66. The molecule has 0 aliphatic heterocycles. The minimum atomic E-state index is -0.495.